The zero-order valence-electron chi connectivity index (χ0n) is 22.3. The number of benzene rings is 1. The summed E-state index contributed by atoms with van der Waals surface area (Å²) in [6, 6.07) is 2.74. The van der Waals surface area contributed by atoms with Crippen molar-refractivity contribution in [2.45, 2.75) is 97.1 Å². The number of ether oxygens (including phenoxy) is 1. The van der Waals surface area contributed by atoms with Gasteiger partial charge in [0.2, 0.25) is 0 Å². The monoisotopic (exact) mass is 522 g/mol. The van der Waals surface area contributed by atoms with Crippen molar-refractivity contribution in [3.05, 3.63) is 65.7 Å². The molecule has 4 rings (SSSR count). The van der Waals surface area contributed by atoms with E-state index in [0.29, 0.717) is 19.1 Å². The number of fused-ring (bicyclic) bond motifs is 2. The van der Waals surface area contributed by atoms with Gasteiger partial charge >= 0.3 is 5.97 Å². The molecule has 8 heteroatoms. The average molecular weight is 523 g/mol. The van der Waals surface area contributed by atoms with Crippen molar-refractivity contribution in [2.75, 3.05) is 6.61 Å². The van der Waals surface area contributed by atoms with Gasteiger partial charge in [-0.2, -0.15) is 0 Å². The molecule has 0 fully saturated rings. The molecule has 1 aromatic carbocycles. The second kappa shape index (κ2) is 13.0. The van der Waals surface area contributed by atoms with Crippen LogP contribution < -0.4 is 22.2 Å². The molecule has 0 spiro atoms. The van der Waals surface area contributed by atoms with Crippen molar-refractivity contribution in [1.29, 1.82) is 0 Å². The highest BCUT2D eigenvalue weighted by molar-refractivity contribution is 5.97. The largest absolute Gasteiger partial charge is 0.465 e. The van der Waals surface area contributed by atoms with E-state index in [9.17, 15) is 24.0 Å². The summed E-state index contributed by atoms with van der Waals surface area (Å²) in [5.74, 6) is -0.156. The van der Waals surface area contributed by atoms with Crippen molar-refractivity contribution in [3.63, 3.8) is 0 Å². The number of hydrogen-bond acceptors (Lipinski definition) is 6. The summed E-state index contributed by atoms with van der Waals surface area (Å²) >= 11 is 0. The molecule has 0 amide bonds. The summed E-state index contributed by atoms with van der Waals surface area (Å²) in [6.45, 7) is 2.75. The number of allylic oxidation sites excluding steroid dienone is 2. The first kappa shape index (κ1) is 27.7. The minimum absolute atomic E-state index is 0.0992. The molecule has 2 aromatic heterocycles. The van der Waals surface area contributed by atoms with Crippen LogP contribution in [0.1, 0.15) is 84.0 Å². The van der Waals surface area contributed by atoms with E-state index < -0.39 is 28.2 Å². The van der Waals surface area contributed by atoms with Crippen LogP contribution >= 0.6 is 0 Å². The number of aromatic nitrogens is 2. The predicted molar refractivity (Wildman–Crippen MR) is 150 cm³/mol. The van der Waals surface area contributed by atoms with Gasteiger partial charge in [-0.05, 0) is 43.7 Å². The van der Waals surface area contributed by atoms with E-state index in [-0.39, 0.29) is 34.5 Å². The summed E-state index contributed by atoms with van der Waals surface area (Å²) < 4.78 is 7.57. The number of hydrogen-bond donors (Lipinski definition) is 0. The topological polar surface area (TPSA) is 104 Å². The van der Waals surface area contributed by atoms with Crippen LogP contribution in [0.2, 0.25) is 0 Å². The van der Waals surface area contributed by atoms with Crippen molar-refractivity contribution in [3.8, 4) is 0 Å². The fourth-order valence-corrected chi connectivity index (χ4v) is 5.38. The first-order valence-corrected chi connectivity index (χ1v) is 14.1. The Kier molecular flexibility index (Phi) is 9.48. The van der Waals surface area contributed by atoms with Crippen molar-refractivity contribution >= 4 is 27.5 Å². The molecule has 0 N–H and O–H groups in total. The molecule has 0 bridgehead atoms. The molecule has 3 aromatic rings. The molecule has 204 valence electrons. The van der Waals surface area contributed by atoms with Gasteiger partial charge in [-0.25, -0.2) is 0 Å². The number of carbonyl (C=O) groups is 1. The highest BCUT2D eigenvalue weighted by Crippen LogP contribution is 2.19. The molecule has 0 aliphatic heterocycles. The van der Waals surface area contributed by atoms with Crippen LogP contribution in [0.4, 0.5) is 0 Å². The molecule has 0 radical (unpaired) electrons. The SMILES string of the molecule is CCCCCCCCCCn1c(=O)c2cc3c(=O)n(CCC(=O)OCC4CC=CCC4)c(=O)c3cc2c1=O. The zero-order chi connectivity index (χ0) is 27.1. The lowest BCUT2D eigenvalue weighted by atomic mass is 9.95. The Bertz CT molecular complexity index is 1420. The van der Waals surface area contributed by atoms with E-state index in [4.69, 9.17) is 4.74 Å². The second-order valence-electron chi connectivity index (χ2n) is 10.5. The van der Waals surface area contributed by atoms with E-state index in [1.54, 1.807) is 0 Å². The highest BCUT2D eigenvalue weighted by atomic mass is 16.5. The van der Waals surface area contributed by atoms with Gasteiger partial charge in [0.1, 0.15) is 0 Å². The maximum atomic E-state index is 13.0. The summed E-state index contributed by atoms with van der Waals surface area (Å²) in [4.78, 5) is 64.1. The number of carbonyl (C=O) groups excluding carboxylic acids is 1. The van der Waals surface area contributed by atoms with Gasteiger partial charge in [0.05, 0.1) is 34.6 Å². The summed E-state index contributed by atoms with van der Waals surface area (Å²) in [7, 11) is 0. The summed E-state index contributed by atoms with van der Waals surface area (Å²) in [6.07, 6.45) is 15.8. The average Bonchev–Trinajstić information content (AvgIpc) is 3.30. The van der Waals surface area contributed by atoms with Crippen molar-refractivity contribution in [2.24, 2.45) is 5.92 Å². The fourth-order valence-electron chi connectivity index (χ4n) is 5.38. The molecular formula is C30H38N2O6. The third kappa shape index (κ3) is 6.22. The molecule has 8 nitrogen and oxygen atoms in total. The molecule has 1 aliphatic carbocycles. The van der Waals surface area contributed by atoms with E-state index in [1.807, 2.05) is 0 Å². The number of rotatable bonds is 14. The van der Waals surface area contributed by atoms with Crippen LogP contribution in [-0.4, -0.2) is 21.7 Å². The number of nitrogens with zero attached hydrogens (tertiary/aromatic N) is 2. The van der Waals surface area contributed by atoms with Crippen LogP contribution in [0.3, 0.4) is 0 Å². The van der Waals surface area contributed by atoms with Crippen LogP contribution in [0.5, 0.6) is 0 Å². The van der Waals surface area contributed by atoms with Gasteiger partial charge in [-0.3, -0.25) is 33.1 Å². The second-order valence-corrected chi connectivity index (χ2v) is 10.5. The Morgan fingerprint density at radius 3 is 1.82 bits per heavy atom. The molecule has 0 saturated carbocycles. The molecule has 0 saturated heterocycles. The first-order chi connectivity index (χ1) is 18.4. The van der Waals surface area contributed by atoms with Crippen LogP contribution in [-0.2, 0) is 22.6 Å². The Morgan fingerprint density at radius 1 is 0.763 bits per heavy atom. The van der Waals surface area contributed by atoms with E-state index in [0.717, 1.165) is 49.5 Å². The molecule has 1 aliphatic rings. The quantitative estimate of drug-likeness (QED) is 0.177. The lowest BCUT2D eigenvalue weighted by Gasteiger charge is -2.17. The van der Waals surface area contributed by atoms with E-state index >= 15 is 0 Å². The van der Waals surface area contributed by atoms with Gasteiger partial charge < -0.3 is 4.74 Å². The third-order valence-electron chi connectivity index (χ3n) is 7.69. The first-order valence-electron chi connectivity index (χ1n) is 14.1. The van der Waals surface area contributed by atoms with Crippen molar-refractivity contribution < 1.29 is 9.53 Å². The van der Waals surface area contributed by atoms with Gasteiger partial charge in [-0.15, -0.1) is 0 Å². The number of esters is 1. The maximum absolute atomic E-state index is 13.0. The molecular weight excluding hydrogens is 484 g/mol. The number of unbranched alkanes of at least 4 members (excludes halogenated alkanes) is 7. The minimum atomic E-state index is -0.556. The highest BCUT2D eigenvalue weighted by Gasteiger charge is 2.20. The third-order valence-corrected chi connectivity index (χ3v) is 7.69. The minimum Gasteiger partial charge on any atom is -0.465 e. The lowest BCUT2D eigenvalue weighted by molar-refractivity contribution is -0.145. The summed E-state index contributed by atoms with van der Waals surface area (Å²) in [5, 5.41) is 0.534. The zero-order valence-corrected chi connectivity index (χ0v) is 22.3. The van der Waals surface area contributed by atoms with Crippen LogP contribution in [0.25, 0.3) is 21.5 Å². The standard InChI is InChI=1S/C30H38N2O6/c1-2-3-4-5-6-7-8-12-16-31-27(34)22-18-24-25(19-23(22)28(31)35)30(37)32(29(24)36)17-15-26(33)38-20-21-13-10-9-11-14-21/h9-10,18-19,21H,2-8,11-17,20H2,1H3. The maximum Gasteiger partial charge on any atom is 0.307 e. The van der Waals surface area contributed by atoms with Crippen molar-refractivity contribution in [1.82, 2.24) is 9.13 Å². The van der Waals surface area contributed by atoms with Gasteiger partial charge in [0.15, 0.2) is 0 Å². The van der Waals surface area contributed by atoms with Gasteiger partial charge in [0.25, 0.3) is 22.2 Å². The predicted octanol–water partition coefficient (Wildman–Crippen LogP) is 4.34. The smallest absolute Gasteiger partial charge is 0.307 e. The van der Waals surface area contributed by atoms with Crippen LogP contribution in [0.15, 0.2) is 43.5 Å². The molecule has 1 atom stereocenters. The van der Waals surface area contributed by atoms with Gasteiger partial charge in [-0.1, -0.05) is 64.0 Å². The fraction of sp³-hybridized carbons (Fsp3) is 0.567. The normalized spacial score (nSPS) is 15.6. The lowest BCUT2D eigenvalue weighted by Crippen LogP contribution is -2.27. The van der Waals surface area contributed by atoms with E-state index in [1.165, 1.54) is 42.4 Å². The summed E-state index contributed by atoms with van der Waals surface area (Å²) in [5.41, 5.74) is -1.95. The molecule has 38 heavy (non-hydrogen) atoms. The molecule has 1 unspecified atom stereocenters. The van der Waals surface area contributed by atoms with Crippen LogP contribution in [0, 0.1) is 5.92 Å². The Labute approximate surface area is 221 Å². The van der Waals surface area contributed by atoms with Gasteiger partial charge in [0, 0.05) is 13.1 Å². The van der Waals surface area contributed by atoms with E-state index in [2.05, 4.69) is 19.1 Å². The Hall–Kier alpha value is -3.29. The molecule has 2 heterocycles. The Morgan fingerprint density at radius 2 is 1.29 bits per heavy atom. The Balaban J connectivity index is 1.42.